The molecule has 0 spiro atoms. The largest absolute Gasteiger partial charge is 1.00 e. The molecule has 0 aromatic heterocycles. The van der Waals surface area contributed by atoms with Gasteiger partial charge in [-0.3, -0.25) is 101 Å². The molecule has 728 valence electrons. The van der Waals surface area contributed by atoms with Crippen LogP contribution in [0.25, 0.3) is 0 Å². The predicted molar refractivity (Wildman–Crippen MR) is 519 cm³/mol. The van der Waals surface area contributed by atoms with Gasteiger partial charge >= 0.3 is 232 Å². The van der Waals surface area contributed by atoms with Gasteiger partial charge < -0.3 is 99.9 Å². The number of nitrogens with two attached hydrogens (primary N) is 2. The molecule has 0 saturated heterocycles. The van der Waals surface area contributed by atoms with Crippen LogP contribution in [0.4, 0.5) is 0 Å². The number of nitrogens with zero attached hydrogens (tertiary/aromatic N) is 4. The molecule has 11 atom stereocenters. The van der Waals surface area contributed by atoms with E-state index in [9.17, 15) is 79.7 Å². The third-order valence-corrected chi connectivity index (χ3v) is 17.9. The van der Waals surface area contributed by atoms with Crippen LogP contribution in [0.5, 0.6) is 0 Å². The van der Waals surface area contributed by atoms with Gasteiger partial charge in [-0.05, 0) is 114 Å². The standard InChI is InChI=1S/C15H25BN2O3.C14H20N2O4.C14H22N2O2.2C13H18N2O4.C8H11N.C3H7NO2.C2H2O3.CH3I.CH2O3.CHS.BH2S.2Cs.K.H2O.H2S.2H/c1-11(12-9-7-6-8-10-12)17-13(14(19)21-5)15(2,3)18-16(4)20;1-10(11-8-6-5-7-9-11)15-12(13(17)20-4)14(2,3)16(18)19;1-10(11-8-6-5-7-9-11)16-12(13(17)18-4)14(2,3)15;2*1-9(10-7-5-4-6-8-10)14-11(12(16)17)13(2,3)15(18)19;1-7(9)8-5-3-2-4-6-8;1-3(2)4(5)6;3-1-2(4)5;1-2;2-1-4-3;2*1-2;;;;;;;/h6-11,13,17-18,20H,1-5H3;5-10,12,15H,1-4H3;5-10,12,16H,15H2,1-4H3;2*4-9,11,14H,1-3H3,(H,16,17);2-7H,9H2,1H3;3H,1-2H3;1H,(H,4,5);1H3;1,3H;1H;1H2;;;;2*1H2;;/q;;;;;;;;;;2*-1;3*+1;;;2*-1/p-2/t11-,13+;2*10-,12+;9-,11?;9-,11+;7-;;;;;;;;;;;;;/m000000............./s1/i;;;;;;;;;;;;;;;;;1+1;. The molecule has 47 heteroatoms. The summed E-state index contributed by atoms with van der Waals surface area (Å²) in [5.41, 5.74) is 11.7. The molecule has 6 aromatic carbocycles. The second kappa shape index (κ2) is 83.7. The van der Waals surface area contributed by atoms with Crippen molar-refractivity contribution in [2.24, 2.45) is 11.5 Å². The number of rotatable bonds is 34. The summed E-state index contributed by atoms with van der Waals surface area (Å²) in [6.45, 7) is 32.8. The molecule has 0 aliphatic heterocycles. The van der Waals surface area contributed by atoms with E-state index in [1.54, 1.807) is 55.1 Å². The first kappa shape index (κ1) is 151. The maximum absolute atomic E-state index is 12.1. The smallest absolute Gasteiger partial charge is 1.00 e. The molecule has 6 aromatic rings. The van der Waals surface area contributed by atoms with Gasteiger partial charge in [0, 0.05) is 122 Å². The van der Waals surface area contributed by atoms with Gasteiger partial charge in [-0.15, -0.1) is 6.72 Å². The zero-order valence-corrected chi connectivity index (χ0v) is 101. The predicted octanol–water partition coefficient (Wildman–Crippen LogP) is 1.13. The number of carboxylic acids is 3. The van der Waals surface area contributed by atoms with E-state index in [2.05, 4.69) is 94.2 Å². The van der Waals surface area contributed by atoms with E-state index in [4.69, 9.17) is 45.7 Å². The number of halogens is 1. The van der Waals surface area contributed by atoms with E-state index in [0.717, 1.165) is 27.8 Å². The molecule has 0 radical (unpaired) electrons. The van der Waals surface area contributed by atoms with Crippen LogP contribution in [0.15, 0.2) is 182 Å². The van der Waals surface area contributed by atoms with Crippen LogP contribution in [0, 0.1) is 40.5 Å². The summed E-state index contributed by atoms with van der Waals surface area (Å²) >= 11 is 9.82. The number of thiocarbonyl (C=S) groups is 1. The second-order valence-corrected chi connectivity index (χ2v) is 30.2. The fourth-order valence-corrected chi connectivity index (χ4v) is 10.4. The monoisotopic (exact) mass is 2290 g/mol. The van der Waals surface area contributed by atoms with Crippen molar-refractivity contribution in [1.82, 2.24) is 31.8 Å². The molecule has 0 amide bonds. The van der Waals surface area contributed by atoms with Gasteiger partial charge in [-0.2, -0.15) is 13.5 Å². The van der Waals surface area contributed by atoms with Crippen LogP contribution in [0.1, 0.15) is 197 Å². The molecule has 0 aliphatic carbocycles. The van der Waals surface area contributed by atoms with Crippen molar-refractivity contribution in [3.05, 3.63) is 256 Å². The van der Waals surface area contributed by atoms with Crippen LogP contribution >= 0.6 is 60.4 Å². The molecule has 0 fully saturated rings. The summed E-state index contributed by atoms with van der Waals surface area (Å²) < 4.78 is 14.4. The number of alkyl halides is 1. The maximum Gasteiger partial charge on any atom is 1.00 e. The number of methoxy groups -OCH3 is 3. The van der Waals surface area contributed by atoms with Crippen LogP contribution in [0.2, 0.25) is 6.82 Å². The SMILES string of the molecule is CC(C)[N+](=O)[O-].CI.COC(=O)[C@@H](N[C@@H](C)c1ccccc1)C(C)(C)N.COC(=O)[C@@H](N[C@@H](C)c1ccccc1)C(C)(C)NB(C)O.COC(=O)[C@@H](N[C@@H](C)c1ccccc1)C(C)(C)[N+](=O)[O-].C[C@H](N)c1ccccc1.C[C@H](NC(C(=O)O)C(C)(C)[N+](=O)[O-])c1ccccc1.C[C@H](N[C@H](C(=O)O)C(C)(C)[N+](=O)[O-])c1ccccc1.O=CC(=O)O.O=CO[O-].S.[2H-].[BH2-]=S.[CH-]=S.[Cs+].[Cs+].[H-].[K+].[OH-]. The molecule has 38 nitrogen and oxygen atoms in total. The van der Waals surface area contributed by atoms with E-state index in [1.807, 2.05) is 228 Å². The summed E-state index contributed by atoms with van der Waals surface area (Å²) in [6.07, 6.45) is -0.167. The Labute approximate surface area is 971 Å². The molecule has 0 aliphatic rings. The minimum Gasteiger partial charge on any atom is -1.00 e. The Hall–Kier alpha value is -4.30. The normalized spacial score (nSPS) is 12.6. The van der Waals surface area contributed by atoms with Gasteiger partial charge in [0.15, 0.2) is 18.1 Å². The van der Waals surface area contributed by atoms with Crippen molar-refractivity contribution in [3.8, 4) is 0 Å². The molecular weight excluding hydrogens is 2150 g/mol. The number of ether oxygens (including phenoxy) is 3. The average molecular weight is 2290 g/mol. The zero-order chi connectivity index (χ0) is 99.9. The first-order valence-corrected chi connectivity index (χ1v) is 42.3. The topological polar surface area (TPSA) is 604 Å². The summed E-state index contributed by atoms with van der Waals surface area (Å²) in [5.74, 6) is -1.16. The summed E-state index contributed by atoms with van der Waals surface area (Å²) in [6, 6.07) is 51.9. The molecule has 0 saturated carbocycles. The van der Waals surface area contributed by atoms with Crippen LogP contribution < -0.4 is 238 Å². The van der Waals surface area contributed by atoms with Gasteiger partial charge in [0.1, 0.15) is 12.1 Å². The number of carbonyl (C=O) groups excluding carboxylic acids is 5. The first-order valence-electron chi connectivity index (χ1n) is 38.9. The number of nitro groups is 4. The molecular formula is C85H135B2Cs2IKN12O26S3-3. The van der Waals surface area contributed by atoms with Gasteiger partial charge in [-0.25, -0.2) is 4.79 Å². The molecule has 132 heavy (non-hydrogen) atoms. The van der Waals surface area contributed by atoms with Crippen LogP contribution in [-0.4, -0.2) is 204 Å². The Morgan fingerprint density at radius 1 is 0.477 bits per heavy atom. The second-order valence-electron chi connectivity index (χ2n) is 30.2. The first-order chi connectivity index (χ1) is 59.1. The molecule has 0 heterocycles. The van der Waals surface area contributed by atoms with Crippen LogP contribution in [0.3, 0.4) is 0 Å². The number of hydrogen-bond acceptors (Lipinski definition) is 33. The van der Waals surface area contributed by atoms with Gasteiger partial charge in [0.05, 0.1) is 21.3 Å². The third kappa shape index (κ3) is 64.8. The average Bonchev–Trinajstić information content (AvgIpc) is 0.846. The summed E-state index contributed by atoms with van der Waals surface area (Å²) in [7, 11) is 3.24. The molecule has 0 bridgehead atoms. The number of aldehydes is 1. The van der Waals surface area contributed by atoms with Crippen molar-refractivity contribution < 1.29 is 300 Å². The van der Waals surface area contributed by atoms with E-state index in [0.29, 0.717) is 0 Å². The third-order valence-electron chi connectivity index (χ3n) is 17.9. The van der Waals surface area contributed by atoms with E-state index in [-0.39, 0.29) is 277 Å². The Kier molecular flexibility index (Phi) is 95.4. The van der Waals surface area contributed by atoms with E-state index >= 15 is 0 Å². The molecule has 6 rings (SSSR count). The number of carbonyl (C=O) groups is 8. The number of esters is 3. The minimum absolute atomic E-state index is 0. The summed E-state index contributed by atoms with van der Waals surface area (Å²) in [5, 5.41) is 104. The van der Waals surface area contributed by atoms with E-state index < -0.39 is 110 Å². The molecule has 15 N–H and O–H groups in total. The number of nitrogens with one attached hydrogen (secondary N) is 6. The molecule has 1 unspecified atom stereocenters. The van der Waals surface area contributed by atoms with Gasteiger partial charge in [0.25, 0.3) is 6.47 Å². The Bertz CT molecular complexity index is 4050. The van der Waals surface area contributed by atoms with E-state index in [1.165, 1.54) is 68.4 Å². The van der Waals surface area contributed by atoms with Crippen molar-refractivity contribution in [2.45, 2.75) is 232 Å². The fourth-order valence-electron chi connectivity index (χ4n) is 10.4. The Morgan fingerprint density at radius 2 is 0.659 bits per heavy atom. The Morgan fingerprint density at radius 3 is 0.818 bits per heavy atom. The minimum atomic E-state index is -1.59. The number of aliphatic carboxylic acids is 3. The fraction of sp³-hybridized carbons (Fsp3) is 0.471. The van der Waals surface area contributed by atoms with Crippen LogP contribution in [-0.2, 0) is 57.5 Å². The number of hydrogen-bond donors (Lipinski definition) is 12. The Balaban J connectivity index is -0.000000114. The van der Waals surface area contributed by atoms with Gasteiger partial charge in [0.2, 0.25) is 28.9 Å². The van der Waals surface area contributed by atoms with Crippen molar-refractivity contribution in [3.63, 3.8) is 0 Å². The zero-order valence-electron chi connectivity index (χ0n) is 82.5. The number of benzene rings is 6. The van der Waals surface area contributed by atoms with Crippen molar-refractivity contribution in [1.29, 1.82) is 0 Å². The maximum atomic E-state index is 12.1. The summed E-state index contributed by atoms with van der Waals surface area (Å²) in [4.78, 5) is 130. The van der Waals surface area contributed by atoms with Crippen molar-refractivity contribution >= 4 is 129 Å². The quantitative estimate of drug-likeness (QED) is 0.00219. The van der Waals surface area contributed by atoms with Gasteiger partial charge in [-0.1, -0.05) is 205 Å². The number of carboxylic acid groups (broad SMARTS) is 3. The van der Waals surface area contributed by atoms with Crippen molar-refractivity contribution in [2.75, 3.05) is 26.3 Å².